The van der Waals surface area contributed by atoms with Gasteiger partial charge in [0.2, 0.25) is 0 Å². The molecule has 0 amide bonds. The fourth-order valence-electron chi connectivity index (χ4n) is 2.08. The average Bonchev–Trinajstić information content (AvgIpc) is 2.36. The number of rotatable bonds is 3. The molecule has 1 fully saturated rings. The predicted octanol–water partition coefficient (Wildman–Crippen LogP) is 1.11. The van der Waals surface area contributed by atoms with Crippen molar-refractivity contribution in [2.45, 2.75) is 38.6 Å². The highest BCUT2D eigenvalue weighted by molar-refractivity contribution is 4.94. The van der Waals surface area contributed by atoms with Gasteiger partial charge in [0, 0.05) is 12.1 Å². The fraction of sp³-hybridized carbons (Fsp3) is 1.00. The van der Waals surface area contributed by atoms with Gasteiger partial charge in [0.05, 0.1) is 0 Å². The minimum atomic E-state index is 0.286. The van der Waals surface area contributed by atoms with Crippen LogP contribution in [-0.4, -0.2) is 18.6 Å². The zero-order chi connectivity index (χ0) is 8.32. The largest absolute Gasteiger partial charge is 0.329 e. The van der Waals surface area contributed by atoms with Gasteiger partial charge in [-0.1, -0.05) is 13.8 Å². The summed E-state index contributed by atoms with van der Waals surface area (Å²) >= 11 is 0. The van der Waals surface area contributed by atoms with E-state index < -0.39 is 0 Å². The van der Waals surface area contributed by atoms with Crippen molar-refractivity contribution in [3.8, 4) is 0 Å². The molecule has 1 rings (SSSR count). The standard InChI is InChI=1S/C9H20N2/c1-8(2)6-9(7-10)4-3-5-11-9/h8,11H,3-7,10H2,1-2H3. The van der Waals surface area contributed by atoms with Crippen LogP contribution in [0.1, 0.15) is 33.1 Å². The highest BCUT2D eigenvalue weighted by atomic mass is 15.0. The maximum atomic E-state index is 5.75. The summed E-state index contributed by atoms with van der Waals surface area (Å²) in [5.41, 5.74) is 6.04. The van der Waals surface area contributed by atoms with Gasteiger partial charge in [-0.3, -0.25) is 0 Å². The van der Waals surface area contributed by atoms with Crippen LogP contribution in [0.5, 0.6) is 0 Å². The van der Waals surface area contributed by atoms with E-state index in [2.05, 4.69) is 19.2 Å². The van der Waals surface area contributed by atoms with E-state index in [-0.39, 0.29) is 5.54 Å². The molecule has 11 heavy (non-hydrogen) atoms. The van der Waals surface area contributed by atoms with Gasteiger partial charge in [0.1, 0.15) is 0 Å². The first-order valence-corrected chi connectivity index (χ1v) is 4.64. The average molecular weight is 156 g/mol. The third kappa shape index (κ3) is 2.17. The molecule has 66 valence electrons. The van der Waals surface area contributed by atoms with Crippen LogP contribution in [0.15, 0.2) is 0 Å². The van der Waals surface area contributed by atoms with E-state index in [1.165, 1.54) is 19.3 Å². The zero-order valence-electron chi connectivity index (χ0n) is 7.69. The summed E-state index contributed by atoms with van der Waals surface area (Å²) in [5, 5.41) is 3.53. The smallest absolute Gasteiger partial charge is 0.0306 e. The summed E-state index contributed by atoms with van der Waals surface area (Å²) in [4.78, 5) is 0. The first-order chi connectivity index (χ1) is 5.18. The van der Waals surface area contributed by atoms with Gasteiger partial charge in [0.25, 0.3) is 0 Å². The summed E-state index contributed by atoms with van der Waals surface area (Å²) < 4.78 is 0. The number of hydrogen-bond donors (Lipinski definition) is 2. The molecule has 1 saturated heterocycles. The molecule has 0 aromatic carbocycles. The highest BCUT2D eigenvalue weighted by Gasteiger charge is 2.31. The van der Waals surface area contributed by atoms with Crippen molar-refractivity contribution in [3.63, 3.8) is 0 Å². The van der Waals surface area contributed by atoms with E-state index in [9.17, 15) is 0 Å². The van der Waals surface area contributed by atoms with E-state index in [0.29, 0.717) is 0 Å². The van der Waals surface area contributed by atoms with Crippen molar-refractivity contribution in [1.29, 1.82) is 0 Å². The van der Waals surface area contributed by atoms with E-state index in [1.54, 1.807) is 0 Å². The van der Waals surface area contributed by atoms with Crippen LogP contribution in [0.3, 0.4) is 0 Å². The Kier molecular flexibility index (Phi) is 2.90. The zero-order valence-corrected chi connectivity index (χ0v) is 7.69. The second-order valence-corrected chi connectivity index (χ2v) is 4.11. The van der Waals surface area contributed by atoms with Gasteiger partial charge in [0.15, 0.2) is 0 Å². The first-order valence-electron chi connectivity index (χ1n) is 4.64. The molecule has 0 aromatic rings. The minimum Gasteiger partial charge on any atom is -0.329 e. The van der Waals surface area contributed by atoms with Gasteiger partial charge in [-0.2, -0.15) is 0 Å². The number of nitrogens with two attached hydrogens (primary N) is 1. The first kappa shape index (κ1) is 9.01. The van der Waals surface area contributed by atoms with E-state index in [1.807, 2.05) is 0 Å². The molecule has 2 heteroatoms. The Balaban J connectivity index is 2.45. The Bertz CT molecular complexity index is 115. The molecule has 0 aliphatic carbocycles. The van der Waals surface area contributed by atoms with Crippen molar-refractivity contribution < 1.29 is 0 Å². The van der Waals surface area contributed by atoms with Crippen LogP contribution < -0.4 is 11.1 Å². The summed E-state index contributed by atoms with van der Waals surface area (Å²) in [5.74, 6) is 0.754. The molecular formula is C9H20N2. The highest BCUT2D eigenvalue weighted by Crippen LogP contribution is 2.25. The summed E-state index contributed by atoms with van der Waals surface area (Å²) in [6.45, 7) is 6.48. The van der Waals surface area contributed by atoms with Crippen LogP contribution in [0, 0.1) is 5.92 Å². The minimum absolute atomic E-state index is 0.286. The van der Waals surface area contributed by atoms with E-state index >= 15 is 0 Å². The van der Waals surface area contributed by atoms with Crippen LogP contribution in [0.2, 0.25) is 0 Å². The Labute approximate surface area is 69.5 Å². The van der Waals surface area contributed by atoms with Gasteiger partial charge in [-0.05, 0) is 31.7 Å². The van der Waals surface area contributed by atoms with Gasteiger partial charge in [-0.25, -0.2) is 0 Å². The van der Waals surface area contributed by atoms with Crippen LogP contribution in [0.4, 0.5) is 0 Å². The molecule has 1 aliphatic rings. The second-order valence-electron chi connectivity index (χ2n) is 4.11. The predicted molar refractivity (Wildman–Crippen MR) is 48.5 cm³/mol. The Hall–Kier alpha value is -0.0800. The Morgan fingerprint density at radius 2 is 2.27 bits per heavy atom. The van der Waals surface area contributed by atoms with Crippen LogP contribution in [-0.2, 0) is 0 Å². The molecule has 0 saturated carbocycles. The third-order valence-electron chi connectivity index (χ3n) is 2.52. The fourth-order valence-corrected chi connectivity index (χ4v) is 2.08. The lowest BCUT2D eigenvalue weighted by molar-refractivity contribution is 0.312. The number of nitrogens with one attached hydrogen (secondary N) is 1. The van der Waals surface area contributed by atoms with Crippen molar-refractivity contribution in [2.24, 2.45) is 11.7 Å². The van der Waals surface area contributed by atoms with Gasteiger partial charge in [-0.15, -0.1) is 0 Å². The summed E-state index contributed by atoms with van der Waals surface area (Å²) in [6.07, 6.45) is 3.79. The van der Waals surface area contributed by atoms with Gasteiger partial charge < -0.3 is 11.1 Å². The van der Waals surface area contributed by atoms with Crippen molar-refractivity contribution in [1.82, 2.24) is 5.32 Å². The third-order valence-corrected chi connectivity index (χ3v) is 2.52. The molecule has 1 atom stereocenters. The monoisotopic (exact) mass is 156 g/mol. The molecule has 0 spiro atoms. The summed E-state index contributed by atoms with van der Waals surface area (Å²) in [7, 11) is 0. The van der Waals surface area contributed by atoms with E-state index in [4.69, 9.17) is 5.73 Å². The quantitative estimate of drug-likeness (QED) is 0.642. The maximum Gasteiger partial charge on any atom is 0.0306 e. The normalized spacial score (nSPS) is 31.6. The number of hydrogen-bond acceptors (Lipinski definition) is 2. The molecule has 2 nitrogen and oxygen atoms in total. The SMILES string of the molecule is CC(C)CC1(CN)CCCN1. The Morgan fingerprint density at radius 3 is 2.64 bits per heavy atom. The maximum absolute atomic E-state index is 5.75. The molecule has 1 unspecified atom stereocenters. The summed E-state index contributed by atoms with van der Waals surface area (Å²) in [6, 6.07) is 0. The molecule has 3 N–H and O–H groups in total. The van der Waals surface area contributed by atoms with Crippen molar-refractivity contribution >= 4 is 0 Å². The molecule has 1 heterocycles. The van der Waals surface area contributed by atoms with Crippen LogP contribution >= 0.6 is 0 Å². The molecule has 0 aromatic heterocycles. The lowest BCUT2D eigenvalue weighted by Crippen LogP contribution is -2.47. The lowest BCUT2D eigenvalue weighted by Gasteiger charge is -2.29. The molecule has 0 bridgehead atoms. The molecule has 1 aliphatic heterocycles. The molecular weight excluding hydrogens is 136 g/mol. The molecule has 0 radical (unpaired) electrons. The second kappa shape index (κ2) is 3.55. The Morgan fingerprint density at radius 1 is 1.55 bits per heavy atom. The van der Waals surface area contributed by atoms with Gasteiger partial charge >= 0.3 is 0 Å². The van der Waals surface area contributed by atoms with Crippen molar-refractivity contribution in [2.75, 3.05) is 13.1 Å². The van der Waals surface area contributed by atoms with E-state index in [0.717, 1.165) is 19.0 Å². The van der Waals surface area contributed by atoms with Crippen molar-refractivity contribution in [3.05, 3.63) is 0 Å². The van der Waals surface area contributed by atoms with Crippen LogP contribution in [0.25, 0.3) is 0 Å². The lowest BCUT2D eigenvalue weighted by atomic mass is 9.88. The topological polar surface area (TPSA) is 38.0 Å².